The molecule has 0 aromatic rings. The quantitative estimate of drug-likeness (QED) is 0.248. The maximum absolute atomic E-state index is 9.64. The molecule has 0 rings (SSSR count). The number of hydrogen-bond donors (Lipinski definition) is 0. The fourth-order valence-electron chi connectivity index (χ4n) is 0.245. The standard InChI is InChI=1S/C6H8O2.FH.K.Na/c1-2-3-4-5-6(7)8;;;/h2-5H,1H3,(H,7,8);1H;;/q;;2*+1/p-2/b3-2+,5-4+;;;. The zero-order chi connectivity index (χ0) is 6.41. The molecule has 5 heteroatoms. The normalized spacial score (nSPS) is 8.09. The molecular weight excluding hydrogens is 185 g/mol. The van der Waals surface area contributed by atoms with E-state index in [1.54, 1.807) is 19.1 Å². The van der Waals surface area contributed by atoms with E-state index in [4.69, 9.17) is 0 Å². The van der Waals surface area contributed by atoms with Crippen LogP contribution < -0.4 is 90.8 Å². The van der Waals surface area contributed by atoms with E-state index in [1.165, 1.54) is 6.08 Å². The molecule has 0 saturated heterocycles. The van der Waals surface area contributed by atoms with Crippen molar-refractivity contribution in [3.8, 4) is 0 Å². The van der Waals surface area contributed by atoms with Crippen LogP contribution in [0.5, 0.6) is 0 Å². The minimum atomic E-state index is -1.16. The predicted octanol–water partition coefficient (Wildman–Crippen LogP) is -9.12. The summed E-state index contributed by atoms with van der Waals surface area (Å²) in [6.07, 6.45) is 5.74. The molecule has 0 spiro atoms. The summed E-state index contributed by atoms with van der Waals surface area (Å²) < 4.78 is 0. The van der Waals surface area contributed by atoms with E-state index >= 15 is 0 Å². The van der Waals surface area contributed by atoms with Crippen molar-refractivity contribution in [3.63, 3.8) is 0 Å². The number of hydrogen-bond acceptors (Lipinski definition) is 2. The first-order chi connectivity index (χ1) is 3.77. The van der Waals surface area contributed by atoms with Crippen molar-refractivity contribution in [1.29, 1.82) is 0 Å². The van der Waals surface area contributed by atoms with Gasteiger partial charge in [0, 0.05) is 0 Å². The summed E-state index contributed by atoms with van der Waals surface area (Å²) in [4.78, 5) is 9.64. The smallest absolute Gasteiger partial charge is 1.00 e. The second-order valence-corrected chi connectivity index (χ2v) is 1.20. The Labute approximate surface area is 130 Å². The summed E-state index contributed by atoms with van der Waals surface area (Å²) >= 11 is 0. The first kappa shape index (κ1) is 22.9. The summed E-state index contributed by atoms with van der Waals surface area (Å²) in [7, 11) is 0. The Hall–Kier alpha value is 1.52. The van der Waals surface area contributed by atoms with E-state index in [-0.39, 0.29) is 85.6 Å². The molecule has 0 saturated carbocycles. The maximum Gasteiger partial charge on any atom is 1.00 e. The Balaban J connectivity index is -0.0000000817. The van der Waals surface area contributed by atoms with Gasteiger partial charge in [-0.2, -0.15) is 0 Å². The molecule has 11 heavy (non-hydrogen) atoms. The molecule has 2 nitrogen and oxygen atoms in total. The van der Waals surface area contributed by atoms with E-state index in [0.29, 0.717) is 0 Å². The molecule has 0 atom stereocenters. The average molecular weight is 192 g/mol. The van der Waals surface area contributed by atoms with E-state index in [9.17, 15) is 9.90 Å². The number of carbonyl (C=O) groups excluding carboxylic acids is 1. The molecule has 0 unspecified atom stereocenters. The van der Waals surface area contributed by atoms with Gasteiger partial charge in [0.25, 0.3) is 0 Å². The summed E-state index contributed by atoms with van der Waals surface area (Å²) in [5.74, 6) is -1.16. The largest absolute Gasteiger partial charge is 1.00 e. The number of carboxylic acids is 1. The summed E-state index contributed by atoms with van der Waals surface area (Å²) in [5, 5.41) is 9.64. The van der Waals surface area contributed by atoms with Gasteiger partial charge in [-0.05, 0) is 13.0 Å². The van der Waals surface area contributed by atoms with E-state index in [2.05, 4.69) is 0 Å². The van der Waals surface area contributed by atoms with Crippen LogP contribution in [0.3, 0.4) is 0 Å². The van der Waals surface area contributed by atoms with Crippen LogP contribution >= 0.6 is 0 Å². The van der Waals surface area contributed by atoms with Crippen molar-refractivity contribution < 1.29 is 95.5 Å². The van der Waals surface area contributed by atoms with Crippen molar-refractivity contribution in [1.82, 2.24) is 0 Å². The molecule has 52 valence electrons. The predicted molar refractivity (Wildman–Crippen MR) is 29.0 cm³/mol. The van der Waals surface area contributed by atoms with Crippen LogP contribution in [0.15, 0.2) is 24.3 Å². The molecule has 0 fully saturated rings. The molecule has 0 aromatic heterocycles. The van der Waals surface area contributed by atoms with Gasteiger partial charge >= 0.3 is 80.9 Å². The van der Waals surface area contributed by atoms with Crippen molar-refractivity contribution in [2.75, 3.05) is 0 Å². The number of carboxylic acid groups (broad SMARTS) is 1. The summed E-state index contributed by atoms with van der Waals surface area (Å²) in [6.45, 7) is 1.81. The van der Waals surface area contributed by atoms with Crippen LogP contribution in [-0.2, 0) is 4.79 Å². The van der Waals surface area contributed by atoms with Gasteiger partial charge in [-0.25, -0.2) is 0 Å². The van der Waals surface area contributed by atoms with E-state index in [0.717, 1.165) is 6.08 Å². The number of allylic oxidation sites excluding steroid dienone is 3. The second kappa shape index (κ2) is 17.6. The van der Waals surface area contributed by atoms with E-state index in [1.807, 2.05) is 0 Å². The van der Waals surface area contributed by atoms with Gasteiger partial charge in [0.05, 0.1) is 5.97 Å². The molecule has 0 aromatic carbocycles. The third-order valence-electron chi connectivity index (χ3n) is 0.536. The maximum atomic E-state index is 9.64. The summed E-state index contributed by atoms with van der Waals surface area (Å²) in [6, 6.07) is 0. The van der Waals surface area contributed by atoms with Gasteiger partial charge in [0.15, 0.2) is 0 Å². The van der Waals surface area contributed by atoms with Crippen molar-refractivity contribution in [2.45, 2.75) is 6.92 Å². The zero-order valence-corrected chi connectivity index (χ0v) is 12.1. The molecule has 0 radical (unpaired) electrons. The van der Waals surface area contributed by atoms with Crippen LogP contribution in [-0.4, -0.2) is 5.97 Å². The van der Waals surface area contributed by atoms with Gasteiger partial charge in [-0.1, -0.05) is 18.2 Å². The van der Waals surface area contributed by atoms with Crippen molar-refractivity contribution in [2.24, 2.45) is 0 Å². The van der Waals surface area contributed by atoms with Crippen LogP contribution in [0, 0.1) is 0 Å². The Kier molecular flexibility index (Phi) is 36.5. The zero-order valence-electron chi connectivity index (χ0n) is 7.00. The summed E-state index contributed by atoms with van der Waals surface area (Å²) in [5.41, 5.74) is 0. The molecule has 0 N–H and O–H groups in total. The molecular formula is C6H7FKNaO2. The molecule has 0 aliphatic carbocycles. The second-order valence-electron chi connectivity index (χ2n) is 1.20. The number of aliphatic carboxylic acids is 1. The Bertz CT molecular complexity index is 137. The number of halogens is 1. The monoisotopic (exact) mass is 192 g/mol. The molecule has 0 amide bonds. The molecule has 0 heterocycles. The Morgan fingerprint density at radius 2 is 1.82 bits per heavy atom. The average Bonchev–Trinajstić information content (AvgIpc) is 1.66. The SMILES string of the molecule is C/C=C/C=C/C(=O)[O-].[F-].[K+].[Na+]. The van der Waals surface area contributed by atoms with Crippen molar-refractivity contribution in [3.05, 3.63) is 24.3 Å². The fraction of sp³-hybridized carbons (Fsp3) is 0.167. The minimum Gasteiger partial charge on any atom is -1.00 e. The molecule has 0 aliphatic rings. The molecule has 0 bridgehead atoms. The van der Waals surface area contributed by atoms with Crippen LogP contribution in [0.1, 0.15) is 6.92 Å². The van der Waals surface area contributed by atoms with Crippen molar-refractivity contribution >= 4 is 5.97 Å². The van der Waals surface area contributed by atoms with Crippen LogP contribution in [0.25, 0.3) is 0 Å². The van der Waals surface area contributed by atoms with Crippen LogP contribution in [0.2, 0.25) is 0 Å². The third kappa shape index (κ3) is 24.6. The number of carbonyl (C=O) groups is 1. The van der Waals surface area contributed by atoms with Gasteiger partial charge in [-0.15, -0.1) is 0 Å². The third-order valence-corrected chi connectivity index (χ3v) is 0.536. The Morgan fingerprint density at radius 1 is 1.36 bits per heavy atom. The van der Waals surface area contributed by atoms with Gasteiger partial charge < -0.3 is 14.6 Å². The minimum absolute atomic E-state index is 0. The van der Waals surface area contributed by atoms with Crippen LogP contribution in [0.4, 0.5) is 0 Å². The van der Waals surface area contributed by atoms with Gasteiger partial charge in [-0.3, -0.25) is 0 Å². The van der Waals surface area contributed by atoms with Gasteiger partial charge in [0.2, 0.25) is 0 Å². The van der Waals surface area contributed by atoms with E-state index < -0.39 is 5.97 Å². The fourth-order valence-corrected chi connectivity index (χ4v) is 0.245. The first-order valence-electron chi connectivity index (χ1n) is 2.27. The Morgan fingerprint density at radius 3 is 2.09 bits per heavy atom. The van der Waals surface area contributed by atoms with Gasteiger partial charge in [0.1, 0.15) is 0 Å². The molecule has 0 aliphatic heterocycles. The topological polar surface area (TPSA) is 40.1 Å². The number of rotatable bonds is 2. The first-order valence-corrected chi connectivity index (χ1v) is 2.27.